The van der Waals surface area contributed by atoms with Crippen LogP contribution in [0.1, 0.15) is 42.7 Å². The number of nitrogens with one attached hydrogen (secondary N) is 2. The van der Waals surface area contributed by atoms with Crippen LogP contribution in [0.15, 0.2) is 15.4 Å². The molecule has 0 aromatic carbocycles. The van der Waals surface area contributed by atoms with Gasteiger partial charge in [0.1, 0.15) is 0 Å². The molecule has 0 bridgehead atoms. The molecule has 1 aromatic rings. The molecule has 3 heterocycles. The van der Waals surface area contributed by atoms with E-state index >= 15 is 0 Å². The summed E-state index contributed by atoms with van der Waals surface area (Å²) in [6, 6.07) is 1.58. The monoisotopic (exact) mass is 438 g/mol. The number of carboxylic acid groups (broad SMARTS) is 1. The van der Waals surface area contributed by atoms with E-state index in [4.69, 9.17) is 19.2 Å². The Kier molecular flexibility index (Phi) is 8.24. The van der Waals surface area contributed by atoms with E-state index < -0.39 is 11.5 Å². The summed E-state index contributed by atoms with van der Waals surface area (Å²) in [5.74, 6) is 0.515. The van der Waals surface area contributed by atoms with E-state index in [1.807, 2.05) is 4.90 Å². The first kappa shape index (κ1) is 23.0. The number of rotatable bonds is 7. The minimum Gasteiger partial charge on any atom is -0.483 e. The van der Waals surface area contributed by atoms with Gasteiger partial charge in [-0.3, -0.25) is 24.1 Å². The summed E-state index contributed by atoms with van der Waals surface area (Å²) in [6.07, 6.45) is 4.93. The third-order valence-electron chi connectivity index (χ3n) is 5.96. The molecule has 11 heteroatoms. The van der Waals surface area contributed by atoms with Gasteiger partial charge in [0, 0.05) is 44.7 Å². The first-order valence-corrected chi connectivity index (χ1v) is 10.7. The molecular formula is C20H30N4O7. The number of hydrogen-bond acceptors (Lipinski definition) is 7. The molecule has 1 aliphatic carbocycles. The summed E-state index contributed by atoms with van der Waals surface area (Å²) in [6.45, 7) is 3.81. The number of likely N-dealkylation sites (tertiary alicyclic amines) is 1. The molecule has 3 fully saturated rings. The van der Waals surface area contributed by atoms with Crippen molar-refractivity contribution in [2.75, 3.05) is 39.4 Å². The molecule has 3 N–H and O–H groups in total. The Bertz CT molecular complexity index is 797. The van der Waals surface area contributed by atoms with Crippen LogP contribution >= 0.6 is 0 Å². The summed E-state index contributed by atoms with van der Waals surface area (Å²) >= 11 is 0. The van der Waals surface area contributed by atoms with Crippen LogP contribution in [-0.2, 0) is 14.3 Å². The maximum absolute atomic E-state index is 12.7. The van der Waals surface area contributed by atoms with Gasteiger partial charge in [0.25, 0.3) is 17.9 Å². The van der Waals surface area contributed by atoms with Crippen LogP contribution in [0.4, 0.5) is 0 Å². The zero-order chi connectivity index (χ0) is 22.2. The number of carbonyl (C=O) groups excluding carboxylic acids is 2. The molecule has 0 radical (unpaired) electrons. The molecule has 3 aliphatic rings. The normalized spacial score (nSPS) is 23.7. The first-order chi connectivity index (χ1) is 15.0. The second kappa shape index (κ2) is 11.1. The highest BCUT2D eigenvalue weighted by atomic mass is 16.5. The van der Waals surface area contributed by atoms with Crippen molar-refractivity contribution in [1.82, 2.24) is 20.3 Å². The maximum Gasteiger partial charge on any atom is 0.290 e. The van der Waals surface area contributed by atoms with Crippen molar-refractivity contribution < 1.29 is 28.8 Å². The number of carbonyl (C=O) groups is 3. The summed E-state index contributed by atoms with van der Waals surface area (Å²) in [5, 5.41) is 11.9. The number of nitrogens with zero attached hydrogens (tertiary/aromatic N) is 2. The van der Waals surface area contributed by atoms with Crippen molar-refractivity contribution in [2.45, 2.75) is 44.2 Å². The predicted octanol–water partition coefficient (Wildman–Crippen LogP) is -0.110. The predicted molar refractivity (Wildman–Crippen MR) is 109 cm³/mol. The minimum absolute atomic E-state index is 0.00390. The van der Waals surface area contributed by atoms with Crippen LogP contribution in [0.5, 0.6) is 0 Å². The van der Waals surface area contributed by atoms with Crippen molar-refractivity contribution in [2.24, 2.45) is 5.92 Å². The first-order valence-electron chi connectivity index (χ1n) is 10.7. The molecule has 31 heavy (non-hydrogen) atoms. The molecule has 1 aromatic heterocycles. The maximum atomic E-state index is 12.7. The molecule has 172 valence electrons. The van der Waals surface area contributed by atoms with Gasteiger partial charge in [0.05, 0.1) is 19.3 Å². The van der Waals surface area contributed by atoms with Gasteiger partial charge in [-0.15, -0.1) is 0 Å². The average molecular weight is 438 g/mol. The van der Waals surface area contributed by atoms with E-state index in [-0.39, 0.29) is 30.2 Å². The van der Waals surface area contributed by atoms with Gasteiger partial charge >= 0.3 is 0 Å². The molecule has 0 spiro atoms. The van der Waals surface area contributed by atoms with E-state index in [1.54, 1.807) is 0 Å². The van der Waals surface area contributed by atoms with E-state index in [2.05, 4.69) is 15.4 Å². The lowest BCUT2D eigenvalue weighted by atomic mass is 10.1. The lowest BCUT2D eigenvalue weighted by Gasteiger charge is -2.32. The van der Waals surface area contributed by atoms with Crippen molar-refractivity contribution in [1.29, 1.82) is 0 Å². The SMILES string of the molecule is O=C(NC[C@@H]1CC[C@H](CC(=O)N2CCOCC2)N1CC1CC1)c1cc(=O)[nH]o1.O=CO. The third-order valence-corrected chi connectivity index (χ3v) is 5.96. The Morgan fingerprint density at radius 1 is 1.19 bits per heavy atom. The fourth-order valence-corrected chi connectivity index (χ4v) is 4.19. The number of aromatic nitrogens is 1. The van der Waals surface area contributed by atoms with E-state index in [0.717, 1.165) is 25.5 Å². The Balaban J connectivity index is 0.000000858. The van der Waals surface area contributed by atoms with Crippen LogP contribution < -0.4 is 10.9 Å². The highest BCUT2D eigenvalue weighted by molar-refractivity contribution is 5.91. The molecule has 2 amide bonds. The highest BCUT2D eigenvalue weighted by Gasteiger charge is 2.38. The molecule has 1 saturated carbocycles. The molecular weight excluding hydrogens is 408 g/mol. The van der Waals surface area contributed by atoms with Gasteiger partial charge in [-0.25, -0.2) is 0 Å². The number of hydrogen-bond donors (Lipinski definition) is 3. The zero-order valence-corrected chi connectivity index (χ0v) is 17.5. The topological polar surface area (TPSA) is 145 Å². The summed E-state index contributed by atoms with van der Waals surface area (Å²) in [7, 11) is 0. The van der Waals surface area contributed by atoms with Gasteiger partial charge in [-0.05, 0) is 31.6 Å². The van der Waals surface area contributed by atoms with E-state index in [1.165, 1.54) is 12.8 Å². The lowest BCUT2D eigenvalue weighted by Crippen LogP contribution is -2.47. The second-order valence-corrected chi connectivity index (χ2v) is 8.11. The van der Waals surface area contributed by atoms with Crippen molar-refractivity contribution >= 4 is 18.3 Å². The summed E-state index contributed by atoms with van der Waals surface area (Å²) in [5.41, 5.74) is -0.428. The molecule has 2 aliphatic heterocycles. The zero-order valence-electron chi connectivity index (χ0n) is 17.5. The standard InChI is InChI=1S/C19H28N4O5.CH2O2/c24-17-10-16(28-21-17)19(26)20-11-15-4-3-14(23(15)12-13-1-2-13)9-18(25)22-5-7-27-8-6-22;2-1-3/h10,13-15H,1-9,11-12H2,(H,20,26)(H,21,24);1H,(H,2,3)/t14-,15+;/m1./s1. The van der Waals surface area contributed by atoms with Crippen LogP contribution in [-0.4, -0.2) is 89.8 Å². The minimum atomic E-state index is -0.428. The third kappa shape index (κ3) is 6.66. The fourth-order valence-electron chi connectivity index (χ4n) is 4.19. The Morgan fingerprint density at radius 2 is 1.87 bits per heavy atom. The van der Waals surface area contributed by atoms with Gasteiger partial charge < -0.3 is 24.6 Å². The van der Waals surface area contributed by atoms with Crippen molar-refractivity contribution in [3.05, 3.63) is 22.2 Å². The highest BCUT2D eigenvalue weighted by Crippen LogP contribution is 2.35. The number of morpholine rings is 1. The second-order valence-electron chi connectivity index (χ2n) is 8.11. The number of aromatic amines is 1. The summed E-state index contributed by atoms with van der Waals surface area (Å²) < 4.78 is 10.2. The van der Waals surface area contributed by atoms with Gasteiger partial charge in [-0.2, -0.15) is 5.16 Å². The molecule has 2 saturated heterocycles. The Labute approximate surface area is 179 Å². The van der Waals surface area contributed by atoms with Crippen molar-refractivity contribution in [3.63, 3.8) is 0 Å². The fraction of sp³-hybridized carbons (Fsp3) is 0.700. The average Bonchev–Trinajstić information content (AvgIpc) is 3.37. The van der Waals surface area contributed by atoms with Gasteiger partial charge in [-0.1, -0.05) is 0 Å². The van der Waals surface area contributed by atoms with Crippen LogP contribution in [0, 0.1) is 5.92 Å². The molecule has 4 rings (SSSR count). The quantitative estimate of drug-likeness (QED) is 0.500. The Morgan fingerprint density at radius 3 is 2.48 bits per heavy atom. The van der Waals surface area contributed by atoms with Gasteiger partial charge in [0.15, 0.2) is 0 Å². The largest absolute Gasteiger partial charge is 0.483 e. The molecule has 11 nitrogen and oxygen atoms in total. The van der Waals surface area contributed by atoms with E-state index in [0.29, 0.717) is 45.2 Å². The molecule has 2 atom stereocenters. The number of H-pyrrole nitrogens is 1. The number of amides is 2. The van der Waals surface area contributed by atoms with Crippen molar-refractivity contribution in [3.8, 4) is 0 Å². The van der Waals surface area contributed by atoms with Gasteiger partial charge in [0.2, 0.25) is 11.7 Å². The Hall–Kier alpha value is -2.66. The number of ether oxygens (including phenoxy) is 1. The molecule has 0 unspecified atom stereocenters. The van der Waals surface area contributed by atoms with E-state index in [9.17, 15) is 14.4 Å². The summed E-state index contributed by atoms with van der Waals surface area (Å²) in [4.78, 5) is 48.7. The smallest absolute Gasteiger partial charge is 0.290 e. The van der Waals surface area contributed by atoms with Crippen LogP contribution in [0.2, 0.25) is 0 Å². The van der Waals surface area contributed by atoms with Crippen LogP contribution in [0.3, 0.4) is 0 Å². The lowest BCUT2D eigenvalue weighted by molar-refractivity contribution is -0.136. The van der Waals surface area contributed by atoms with Crippen LogP contribution in [0.25, 0.3) is 0 Å².